The standard InChI is InChI=1S/C8H7NO4S2.Na/c1-5-9-7-3-2-6(4-8(7)14-5)13-15(10,11)12;/h2-4H,1H3,(H,10,11,12);/q;+1/p-1. The van der Waals surface area contributed by atoms with Gasteiger partial charge in [-0.05, 0) is 19.1 Å². The van der Waals surface area contributed by atoms with Crippen LogP contribution in [0.2, 0.25) is 0 Å². The molecule has 80 valence electrons. The fourth-order valence-corrected chi connectivity index (χ4v) is 2.38. The molecule has 0 radical (unpaired) electrons. The fourth-order valence-electron chi connectivity index (χ4n) is 1.19. The topological polar surface area (TPSA) is 79.3 Å². The molecular formula is C8H6NNaO4S2. The van der Waals surface area contributed by atoms with Crippen molar-refractivity contribution >= 4 is 32.0 Å². The number of nitrogens with zero attached hydrogens (tertiary/aromatic N) is 1. The van der Waals surface area contributed by atoms with E-state index in [1.807, 2.05) is 6.92 Å². The number of fused-ring (bicyclic) bond motifs is 1. The summed E-state index contributed by atoms with van der Waals surface area (Å²) in [6.45, 7) is 1.84. The molecule has 0 amide bonds. The number of benzene rings is 1. The Kier molecular flexibility index (Phi) is 4.33. The zero-order chi connectivity index (χ0) is 11.1. The Labute approximate surface area is 119 Å². The number of hydrogen-bond acceptors (Lipinski definition) is 6. The summed E-state index contributed by atoms with van der Waals surface area (Å²) in [6, 6.07) is 4.49. The van der Waals surface area contributed by atoms with Crippen LogP contribution in [-0.4, -0.2) is 18.0 Å². The Morgan fingerprint density at radius 1 is 1.44 bits per heavy atom. The van der Waals surface area contributed by atoms with Crippen LogP contribution < -0.4 is 33.7 Å². The first-order chi connectivity index (χ1) is 6.94. The van der Waals surface area contributed by atoms with Gasteiger partial charge in [0.1, 0.15) is 5.75 Å². The molecular weight excluding hydrogens is 261 g/mol. The third-order valence-electron chi connectivity index (χ3n) is 1.67. The summed E-state index contributed by atoms with van der Waals surface area (Å²) in [4.78, 5) is 4.19. The van der Waals surface area contributed by atoms with Crippen molar-refractivity contribution in [3.63, 3.8) is 0 Å². The van der Waals surface area contributed by atoms with Gasteiger partial charge in [-0.1, -0.05) is 0 Å². The summed E-state index contributed by atoms with van der Waals surface area (Å²) < 4.78 is 36.1. The second kappa shape index (κ2) is 4.99. The van der Waals surface area contributed by atoms with E-state index in [0.29, 0.717) is 0 Å². The van der Waals surface area contributed by atoms with Crippen LogP contribution >= 0.6 is 11.3 Å². The second-order valence-electron chi connectivity index (χ2n) is 2.85. The average Bonchev–Trinajstić information content (AvgIpc) is 2.40. The maximum atomic E-state index is 10.4. The van der Waals surface area contributed by atoms with Crippen molar-refractivity contribution in [3.05, 3.63) is 23.2 Å². The Hall–Kier alpha value is -0.180. The van der Waals surface area contributed by atoms with Crippen molar-refractivity contribution in [2.75, 3.05) is 0 Å². The molecule has 0 unspecified atom stereocenters. The number of rotatable bonds is 2. The van der Waals surface area contributed by atoms with Crippen molar-refractivity contribution in [2.24, 2.45) is 0 Å². The molecule has 0 bridgehead atoms. The molecule has 0 atom stereocenters. The summed E-state index contributed by atoms with van der Waals surface area (Å²) in [7, 11) is -4.70. The van der Waals surface area contributed by atoms with Gasteiger partial charge in [0.05, 0.1) is 15.2 Å². The second-order valence-corrected chi connectivity index (χ2v) is 5.07. The number of hydrogen-bond donors (Lipinski definition) is 0. The van der Waals surface area contributed by atoms with Gasteiger partial charge in [-0.15, -0.1) is 11.3 Å². The number of aryl methyl sites for hydroxylation is 1. The van der Waals surface area contributed by atoms with Gasteiger partial charge in [-0.3, -0.25) is 0 Å². The van der Waals surface area contributed by atoms with Crippen LogP contribution in [0.25, 0.3) is 10.2 Å². The zero-order valence-electron chi connectivity index (χ0n) is 8.63. The van der Waals surface area contributed by atoms with E-state index in [1.54, 1.807) is 6.07 Å². The van der Waals surface area contributed by atoms with Crippen molar-refractivity contribution in [3.8, 4) is 5.75 Å². The Balaban J connectivity index is 0.00000128. The third kappa shape index (κ3) is 3.41. The molecule has 0 saturated carbocycles. The van der Waals surface area contributed by atoms with Gasteiger partial charge in [0, 0.05) is 6.07 Å². The van der Waals surface area contributed by atoms with E-state index in [0.717, 1.165) is 15.2 Å². The molecule has 8 heteroatoms. The van der Waals surface area contributed by atoms with Crippen LogP contribution in [0.4, 0.5) is 0 Å². The van der Waals surface area contributed by atoms with Crippen molar-refractivity contribution < 1.29 is 46.7 Å². The molecule has 0 fully saturated rings. The van der Waals surface area contributed by atoms with Crippen LogP contribution in [0.3, 0.4) is 0 Å². The molecule has 0 aliphatic rings. The van der Waals surface area contributed by atoms with Gasteiger partial charge in [-0.2, -0.15) is 0 Å². The normalized spacial score (nSPS) is 11.1. The Morgan fingerprint density at radius 2 is 2.12 bits per heavy atom. The minimum absolute atomic E-state index is 0. The first kappa shape index (κ1) is 13.9. The predicted octanol–water partition coefficient (Wildman–Crippen LogP) is -1.55. The van der Waals surface area contributed by atoms with E-state index < -0.39 is 10.4 Å². The van der Waals surface area contributed by atoms with Gasteiger partial charge in [0.25, 0.3) is 10.4 Å². The van der Waals surface area contributed by atoms with Crippen molar-refractivity contribution in [1.29, 1.82) is 0 Å². The van der Waals surface area contributed by atoms with E-state index in [9.17, 15) is 13.0 Å². The molecule has 0 spiro atoms. The maximum absolute atomic E-state index is 10.4. The first-order valence-electron chi connectivity index (χ1n) is 3.96. The molecule has 0 N–H and O–H groups in total. The van der Waals surface area contributed by atoms with Gasteiger partial charge in [0.2, 0.25) is 0 Å². The average molecular weight is 267 g/mol. The zero-order valence-corrected chi connectivity index (χ0v) is 12.3. The van der Waals surface area contributed by atoms with Crippen molar-refractivity contribution in [2.45, 2.75) is 6.92 Å². The molecule has 1 aromatic carbocycles. The summed E-state index contributed by atoms with van der Waals surface area (Å²) in [5, 5.41) is 0.868. The van der Waals surface area contributed by atoms with E-state index in [1.165, 1.54) is 23.5 Å². The largest absolute Gasteiger partial charge is 1.00 e. The molecule has 1 heterocycles. The molecule has 0 saturated heterocycles. The van der Waals surface area contributed by atoms with Crippen LogP contribution in [0.1, 0.15) is 5.01 Å². The van der Waals surface area contributed by atoms with Gasteiger partial charge < -0.3 is 8.74 Å². The summed E-state index contributed by atoms with van der Waals surface area (Å²) >= 11 is 1.40. The molecule has 5 nitrogen and oxygen atoms in total. The summed E-state index contributed by atoms with van der Waals surface area (Å²) in [5.41, 5.74) is 0.758. The number of thiazole rings is 1. The maximum Gasteiger partial charge on any atom is 1.00 e. The molecule has 0 aliphatic heterocycles. The van der Waals surface area contributed by atoms with Crippen molar-refractivity contribution in [1.82, 2.24) is 4.98 Å². The van der Waals surface area contributed by atoms with E-state index in [-0.39, 0.29) is 35.3 Å². The smallest absolute Gasteiger partial charge is 0.716 e. The van der Waals surface area contributed by atoms with Gasteiger partial charge in [-0.25, -0.2) is 13.4 Å². The van der Waals surface area contributed by atoms with E-state index in [4.69, 9.17) is 0 Å². The molecule has 0 aliphatic carbocycles. The molecule has 16 heavy (non-hydrogen) atoms. The Bertz CT molecular complexity index is 608. The molecule has 1 aromatic heterocycles. The quantitative estimate of drug-likeness (QED) is 0.374. The first-order valence-corrected chi connectivity index (χ1v) is 6.11. The van der Waals surface area contributed by atoms with Crippen LogP contribution in [-0.2, 0) is 10.4 Å². The van der Waals surface area contributed by atoms with E-state index >= 15 is 0 Å². The van der Waals surface area contributed by atoms with Gasteiger partial charge in [0.15, 0.2) is 0 Å². The SMILES string of the molecule is Cc1nc2ccc(OS(=O)(=O)[O-])cc2s1.[Na+]. The minimum Gasteiger partial charge on any atom is -0.716 e. The van der Waals surface area contributed by atoms with Crippen LogP contribution in [0, 0.1) is 6.92 Å². The summed E-state index contributed by atoms with van der Waals surface area (Å²) in [5.74, 6) is 0.0150. The monoisotopic (exact) mass is 267 g/mol. The predicted molar refractivity (Wildman–Crippen MR) is 54.7 cm³/mol. The Morgan fingerprint density at radius 3 is 2.75 bits per heavy atom. The van der Waals surface area contributed by atoms with Crippen LogP contribution in [0.15, 0.2) is 18.2 Å². The minimum atomic E-state index is -4.70. The van der Waals surface area contributed by atoms with Crippen LogP contribution in [0.5, 0.6) is 5.75 Å². The fraction of sp³-hybridized carbons (Fsp3) is 0.125. The van der Waals surface area contributed by atoms with Gasteiger partial charge >= 0.3 is 29.6 Å². The molecule has 2 aromatic rings. The molecule has 2 rings (SSSR count). The number of aromatic nitrogens is 1. The summed E-state index contributed by atoms with van der Waals surface area (Å²) in [6.07, 6.45) is 0. The third-order valence-corrected chi connectivity index (χ3v) is 3.00. The van der Waals surface area contributed by atoms with E-state index in [2.05, 4.69) is 9.17 Å².